The van der Waals surface area contributed by atoms with Gasteiger partial charge in [0.05, 0.1) is 5.56 Å². The Morgan fingerprint density at radius 2 is 2.22 bits per heavy atom. The average molecular weight is 266 g/mol. The Morgan fingerprint density at radius 1 is 1.50 bits per heavy atom. The lowest BCUT2D eigenvalue weighted by atomic mass is 10.2. The fourth-order valence-electron chi connectivity index (χ4n) is 1.47. The summed E-state index contributed by atoms with van der Waals surface area (Å²) in [5.41, 5.74) is 7.19. The largest absolute Gasteiger partial charge is 0.389 e. The number of aryl methyl sites for hydroxylation is 1. The van der Waals surface area contributed by atoms with Crippen molar-refractivity contribution in [3.63, 3.8) is 0 Å². The van der Waals surface area contributed by atoms with Gasteiger partial charge < -0.3 is 16.4 Å². The molecule has 0 radical (unpaired) electrons. The van der Waals surface area contributed by atoms with E-state index in [4.69, 9.17) is 18.0 Å². The average Bonchev–Trinajstić information content (AvgIpc) is 2.29. The quantitative estimate of drug-likeness (QED) is 0.668. The molecule has 18 heavy (non-hydrogen) atoms. The topological polar surface area (TPSA) is 80.0 Å². The minimum atomic E-state index is 0.00882. The van der Waals surface area contributed by atoms with E-state index in [0.29, 0.717) is 35.9 Å². The van der Waals surface area contributed by atoms with Gasteiger partial charge in [-0.25, -0.2) is 4.98 Å². The summed E-state index contributed by atoms with van der Waals surface area (Å²) < 4.78 is 0. The van der Waals surface area contributed by atoms with Crippen molar-refractivity contribution in [1.29, 1.82) is 0 Å². The van der Waals surface area contributed by atoms with Crippen molar-refractivity contribution >= 4 is 28.9 Å². The van der Waals surface area contributed by atoms with Crippen molar-refractivity contribution in [2.75, 3.05) is 18.4 Å². The summed E-state index contributed by atoms with van der Waals surface area (Å²) in [6.45, 7) is 4.91. The Bertz CT molecular complexity index is 448. The number of pyridine rings is 1. The number of amides is 1. The number of thiocarbonyl (C=S) groups is 1. The van der Waals surface area contributed by atoms with Gasteiger partial charge >= 0.3 is 0 Å². The molecule has 0 aliphatic heterocycles. The second kappa shape index (κ2) is 6.90. The van der Waals surface area contributed by atoms with Gasteiger partial charge in [-0.05, 0) is 26.0 Å². The molecule has 0 aliphatic carbocycles. The molecule has 0 atom stereocenters. The van der Waals surface area contributed by atoms with Gasteiger partial charge in [-0.2, -0.15) is 0 Å². The zero-order chi connectivity index (χ0) is 13.5. The number of aromatic nitrogens is 1. The van der Waals surface area contributed by atoms with Crippen LogP contribution in [0.2, 0.25) is 0 Å². The first-order valence-electron chi connectivity index (χ1n) is 5.82. The van der Waals surface area contributed by atoms with E-state index >= 15 is 0 Å². The molecule has 0 unspecified atom stereocenters. The van der Waals surface area contributed by atoms with Crippen molar-refractivity contribution in [3.05, 3.63) is 23.4 Å². The van der Waals surface area contributed by atoms with Gasteiger partial charge in [-0.1, -0.05) is 12.2 Å². The summed E-state index contributed by atoms with van der Waals surface area (Å²) in [5.74, 6) is 0.640. The number of nitrogens with one attached hydrogen (secondary N) is 2. The number of nitrogens with two attached hydrogens (primary N) is 1. The summed E-state index contributed by atoms with van der Waals surface area (Å²) in [6.07, 6.45) is 0.389. The van der Waals surface area contributed by atoms with Crippen LogP contribution < -0.4 is 16.4 Å². The third-order valence-corrected chi connectivity index (χ3v) is 2.54. The molecule has 1 aromatic rings. The number of nitrogens with zero attached hydrogens (tertiary/aromatic N) is 1. The Hall–Kier alpha value is -1.69. The van der Waals surface area contributed by atoms with E-state index in [0.717, 1.165) is 5.69 Å². The number of hydrogen-bond donors (Lipinski definition) is 3. The first-order chi connectivity index (χ1) is 8.54. The number of hydrogen-bond acceptors (Lipinski definition) is 4. The summed E-state index contributed by atoms with van der Waals surface area (Å²) in [6, 6.07) is 3.68. The Labute approximate surface area is 112 Å². The maximum atomic E-state index is 11.3. The molecule has 1 aromatic heterocycles. The van der Waals surface area contributed by atoms with E-state index < -0.39 is 0 Å². The number of carbonyl (C=O) groups excluding carboxylic acids is 1. The van der Waals surface area contributed by atoms with Gasteiger partial charge in [0.25, 0.3) is 0 Å². The highest BCUT2D eigenvalue weighted by atomic mass is 32.1. The predicted octanol–water partition coefficient (Wildman–Crippen LogP) is 0.962. The lowest BCUT2D eigenvalue weighted by molar-refractivity contribution is -0.120. The third kappa shape index (κ3) is 4.29. The molecule has 0 aliphatic rings. The fourth-order valence-corrected chi connectivity index (χ4v) is 1.64. The first kappa shape index (κ1) is 14.4. The molecule has 0 aromatic carbocycles. The van der Waals surface area contributed by atoms with Gasteiger partial charge in [0.1, 0.15) is 10.8 Å². The molecular formula is C12H18N4OS. The highest BCUT2D eigenvalue weighted by Gasteiger charge is 2.07. The molecule has 1 amide bonds. The maximum absolute atomic E-state index is 11.3. The van der Waals surface area contributed by atoms with Gasteiger partial charge in [0.15, 0.2) is 0 Å². The maximum Gasteiger partial charge on any atom is 0.221 e. The van der Waals surface area contributed by atoms with E-state index in [-0.39, 0.29) is 5.91 Å². The lowest BCUT2D eigenvalue weighted by Crippen LogP contribution is -2.25. The Kier molecular flexibility index (Phi) is 5.51. The highest BCUT2D eigenvalue weighted by molar-refractivity contribution is 7.80. The normalized spacial score (nSPS) is 9.89. The van der Waals surface area contributed by atoms with E-state index in [1.54, 1.807) is 0 Å². The summed E-state index contributed by atoms with van der Waals surface area (Å²) in [4.78, 5) is 15.9. The van der Waals surface area contributed by atoms with Crippen LogP contribution in [0.3, 0.4) is 0 Å². The van der Waals surface area contributed by atoms with Crippen LogP contribution in [0.25, 0.3) is 0 Å². The second-order valence-electron chi connectivity index (χ2n) is 3.84. The van der Waals surface area contributed by atoms with Crippen LogP contribution >= 0.6 is 12.2 Å². The first-order valence-corrected chi connectivity index (χ1v) is 6.23. The third-order valence-electron chi connectivity index (χ3n) is 2.32. The van der Waals surface area contributed by atoms with Crippen molar-refractivity contribution in [2.24, 2.45) is 5.73 Å². The van der Waals surface area contributed by atoms with Gasteiger partial charge in [-0.15, -0.1) is 0 Å². The molecule has 5 nitrogen and oxygen atoms in total. The van der Waals surface area contributed by atoms with E-state index in [9.17, 15) is 4.79 Å². The van der Waals surface area contributed by atoms with Crippen molar-refractivity contribution < 1.29 is 4.79 Å². The van der Waals surface area contributed by atoms with Crippen LogP contribution in [0.5, 0.6) is 0 Å². The SMILES string of the molecule is CCNC(=O)CCNc1nc(C)ccc1C(N)=S. The van der Waals surface area contributed by atoms with Crippen molar-refractivity contribution in [1.82, 2.24) is 10.3 Å². The predicted molar refractivity (Wildman–Crippen MR) is 76.7 cm³/mol. The minimum Gasteiger partial charge on any atom is -0.389 e. The lowest BCUT2D eigenvalue weighted by Gasteiger charge is -2.10. The Morgan fingerprint density at radius 3 is 2.83 bits per heavy atom. The van der Waals surface area contributed by atoms with Crippen LogP contribution in [-0.2, 0) is 4.79 Å². The monoisotopic (exact) mass is 266 g/mol. The van der Waals surface area contributed by atoms with Crippen LogP contribution in [0.4, 0.5) is 5.82 Å². The number of carbonyl (C=O) groups is 1. The van der Waals surface area contributed by atoms with E-state index in [1.165, 1.54) is 0 Å². The molecule has 6 heteroatoms. The molecule has 98 valence electrons. The summed E-state index contributed by atoms with van der Waals surface area (Å²) in [7, 11) is 0. The van der Waals surface area contributed by atoms with Crippen LogP contribution in [-0.4, -0.2) is 29.0 Å². The smallest absolute Gasteiger partial charge is 0.221 e. The van der Waals surface area contributed by atoms with Gasteiger partial charge in [-0.3, -0.25) is 4.79 Å². The van der Waals surface area contributed by atoms with Crippen molar-refractivity contribution in [2.45, 2.75) is 20.3 Å². The summed E-state index contributed by atoms with van der Waals surface area (Å²) in [5, 5.41) is 5.82. The molecule has 0 fully saturated rings. The zero-order valence-electron chi connectivity index (χ0n) is 10.6. The highest BCUT2D eigenvalue weighted by Crippen LogP contribution is 2.13. The molecule has 1 rings (SSSR count). The second-order valence-corrected chi connectivity index (χ2v) is 4.28. The molecule has 4 N–H and O–H groups in total. The molecular weight excluding hydrogens is 248 g/mol. The Balaban J connectivity index is 2.63. The number of rotatable bonds is 6. The standard InChI is InChI=1S/C12H18N4OS/c1-3-14-10(17)6-7-15-12-9(11(13)18)5-4-8(2)16-12/h4-5H,3,6-7H2,1-2H3,(H2,13,18)(H,14,17)(H,15,16). The fraction of sp³-hybridized carbons (Fsp3) is 0.417. The molecule has 0 spiro atoms. The zero-order valence-corrected chi connectivity index (χ0v) is 11.4. The molecule has 0 saturated carbocycles. The summed E-state index contributed by atoms with van der Waals surface area (Å²) >= 11 is 4.95. The van der Waals surface area contributed by atoms with E-state index in [2.05, 4.69) is 15.6 Å². The van der Waals surface area contributed by atoms with Gasteiger partial charge in [0.2, 0.25) is 5.91 Å². The van der Waals surface area contributed by atoms with Crippen molar-refractivity contribution in [3.8, 4) is 0 Å². The minimum absolute atomic E-state index is 0.00882. The van der Waals surface area contributed by atoms with Crippen LogP contribution in [0.1, 0.15) is 24.6 Å². The van der Waals surface area contributed by atoms with Gasteiger partial charge in [0, 0.05) is 25.2 Å². The number of anilines is 1. The van der Waals surface area contributed by atoms with Crippen LogP contribution in [0, 0.1) is 6.92 Å². The van der Waals surface area contributed by atoms with E-state index in [1.807, 2.05) is 26.0 Å². The molecule has 0 bridgehead atoms. The molecule has 0 saturated heterocycles. The van der Waals surface area contributed by atoms with Crippen LogP contribution in [0.15, 0.2) is 12.1 Å². The molecule has 1 heterocycles.